The predicted molar refractivity (Wildman–Crippen MR) is 106 cm³/mol. The number of hydrogen-bond acceptors (Lipinski definition) is 7. The van der Waals surface area contributed by atoms with Crippen molar-refractivity contribution in [3.8, 4) is 5.88 Å². The average Bonchev–Trinajstić information content (AvgIpc) is 3.41. The average molecular weight is 395 g/mol. The molecule has 2 bridgehead atoms. The molecule has 0 aliphatic carbocycles. The minimum absolute atomic E-state index is 0.0831. The number of rotatable bonds is 5. The Kier molecular flexibility index (Phi) is 4.38. The maximum atomic E-state index is 12.5. The van der Waals surface area contributed by atoms with Crippen LogP contribution in [0.5, 0.6) is 5.88 Å². The highest BCUT2D eigenvalue weighted by Gasteiger charge is 2.63. The molecule has 2 aromatic heterocycles. The largest absolute Gasteiger partial charge is 0.481 e. The van der Waals surface area contributed by atoms with E-state index in [4.69, 9.17) is 9.47 Å². The summed E-state index contributed by atoms with van der Waals surface area (Å²) in [6.45, 7) is 4.13. The number of nitrogens with zero attached hydrogens (tertiary/aromatic N) is 4. The number of methoxy groups -OCH3 is 1. The molecule has 2 aromatic rings. The first kappa shape index (κ1) is 18.3. The lowest BCUT2D eigenvalue weighted by atomic mass is 9.73. The molecule has 0 radical (unpaired) electrons. The molecule has 0 saturated carbocycles. The molecule has 5 heterocycles. The van der Waals surface area contributed by atoms with Crippen LogP contribution in [0.1, 0.15) is 28.9 Å². The molecule has 3 fully saturated rings. The summed E-state index contributed by atoms with van der Waals surface area (Å²) in [5, 5.41) is 3.10. The Morgan fingerprint density at radius 1 is 1.38 bits per heavy atom. The summed E-state index contributed by atoms with van der Waals surface area (Å²) in [7, 11) is 1.61. The van der Waals surface area contributed by atoms with E-state index in [9.17, 15) is 4.79 Å². The molecule has 8 nitrogen and oxygen atoms in total. The molecule has 5 rings (SSSR count). The third-order valence-corrected chi connectivity index (χ3v) is 6.56. The molecular formula is C21H25N5O3. The van der Waals surface area contributed by atoms with Crippen LogP contribution in [0.15, 0.2) is 30.6 Å². The second-order valence-corrected chi connectivity index (χ2v) is 8.21. The Balaban J connectivity index is 1.29. The Hall–Kier alpha value is -2.74. The minimum Gasteiger partial charge on any atom is -0.481 e. The zero-order chi connectivity index (χ0) is 20.0. The zero-order valence-corrected chi connectivity index (χ0v) is 16.7. The topological polar surface area (TPSA) is 89.5 Å². The number of pyridine rings is 1. The lowest BCUT2D eigenvalue weighted by molar-refractivity contribution is 0.0141. The maximum Gasteiger partial charge on any atom is 0.252 e. The Bertz CT molecular complexity index is 921. The van der Waals surface area contributed by atoms with Crippen LogP contribution >= 0.6 is 0 Å². The van der Waals surface area contributed by atoms with E-state index >= 15 is 0 Å². The second-order valence-electron chi connectivity index (χ2n) is 8.21. The molecule has 1 N–H and O–H groups in total. The summed E-state index contributed by atoms with van der Waals surface area (Å²) in [6.07, 6.45) is 5.65. The van der Waals surface area contributed by atoms with E-state index in [0.29, 0.717) is 35.8 Å². The van der Waals surface area contributed by atoms with E-state index in [2.05, 4.69) is 25.2 Å². The van der Waals surface area contributed by atoms with E-state index < -0.39 is 0 Å². The standard InChI is InChI=1S/C21H25N5O3/c1-13-3-4-14(9-23-13)19(27)24-10-15-16-11-26(12-21(16)7-5-17(15)29-21)20-22-8-6-18(25-20)28-2/h3-4,6,8-9,15-17H,5,7,10-12H2,1-2H3,(H,24,27)/t15-,16+,17+,21+/m0/s1. The number of carbonyl (C=O) groups is 1. The first-order valence-corrected chi connectivity index (χ1v) is 10.1. The minimum atomic E-state index is -0.155. The lowest BCUT2D eigenvalue weighted by Crippen LogP contribution is -2.41. The Morgan fingerprint density at radius 3 is 3.07 bits per heavy atom. The van der Waals surface area contributed by atoms with E-state index in [1.54, 1.807) is 25.6 Å². The van der Waals surface area contributed by atoms with Gasteiger partial charge in [0, 0.05) is 49.1 Å². The van der Waals surface area contributed by atoms with Gasteiger partial charge in [-0.25, -0.2) is 4.98 Å². The van der Waals surface area contributed by atoms with Crippen LogP contribution in [-0.4, -0.2) is 59.3 Å². The highest BCUT2D eigenvalue weighted by molar-refractivity contribution is 5.93. The summed E-state index contributed by atoms with van der Waals surface area (Å²) in [6, 6.07) is 5.42. The van der Waals surface area contributed by atoms with Crippen molar-refractivity contribution in [3.05, 3.63) is 41.9 Å². The summed E-state index contributed by atoms with van der Waals surface area (Å²) in [4.78, 5) is 27.8. The quantitative estimate of drug-likeness (QED) is 0.822. The van der Waals surface area contributed by atoms with E-state index in [1.807, 2.05) is 19.1 Å². The molecular weight excluding hydrogens is 370 g/mol. The lowest BCUT2D eigenvalue weighted by Gasteiger charge is -2.29. The summed E-state index contributed by atoms with van der Waals surface area (Å²) in [5.74, 6) is 1.80. The molecule has 0 aromatic carbocycles. The molecule has 4 atom stereocenters. The van der Waals surface area contributed by atoms with Crippen molar-refractivity contribution < 1.29 is 14.3 Å². The number of aryl methyl sites for hydroxylation is 1. The van der Waals surface area contributed by atoms with Gasteiger partial charge in [-0.2, -0.15) is 4.98 Å². The van der Waals surface area contributed by atoms with Crippen molar-refractivity contribution in [2.45, 2.75) is 31.5 Å². The molecule has 0 unspecified atom stereocenters. The van der Waals surface area contributed by atoms with Crippen molar-refractivity contribution in [1.82, 2.24) is 20.3 Å². The third kappa shape index (κ3) is 3.11. The summed E-state index contributed by atoms with van der Waals surface area (Å²) in [5.41, 5.74) is 1.33. The second kappa shape index (κ2) is 6.95. The molecule has 29 heavy (non-hydrogen) atoms. The molecule has 1 spiro atoms. The van der Waals surface area contributed by atoms with Gasteiger partial charge in [0.1, 0.15) is 0 Å². The van der Waals surface area contributed by atoms with Crippen LogP contribution in [-0.2, 0) is 4.74 Å². The van der Waals surface area contributed by atoms with E-state index in [-0.39, 0.29) is 17.6 Å². The maximum absolute atomic E-state index is 12.5. The Labute approximate surface area is 169 Å². The summed E-state index contributed by atoms with van der Waals surface area (Å²) >= 11 is 0. The number of nitrogens with one attached hydrogen (secondary N) is 1. The third-order valence-electron chi connectivity index (χ3n) is 6.56. The highest BCUT2D eigenvalue weighted by atomic mass is 16.5. The van der Waals surface area contributed by atoms with E-state index in [1.165, 1.54) is 0 Å². The van der Waals surface area contributed by atoms with Gasteiger partial charge in [0.15, 0.2) is 0 Å². The van der Waals surface area contributed by atoms with Crippen LogP contribution in [0.4, 0.5) is 5.95 Å². The molecule has 3 aliphatic heterocycles. The SMILES string of the molecule is COc1ccnc(N2C[C@@H]3[C@H](CNC(=O)c4ccc(C)nc4)[C@H]4CC[C@]3(C2)O4)n1. The number of amides is 1. The summed E-state index contributed by atoms with van der Waals surface area (Å²) < 4.78 is 11.7. The number of carbonyl (C=O) groups excluding carboxylic acids is 1. The van der Waals surface area contributed by atoms with Crippen molar-refractivity contribution >= 4 is 11.9 Å². The molecule has 1 amide bonds. The molecule has 3 saturated heterocycles. The van der Waals surface area contributed by atoms with Crippen LogP contribution < -0.4 is 15.0 Å². The van der Waals surface area contributed by atoms with Crippen LogP contribution in [0.2, 0.25) is 0 Å². The van der Waals surface area contributed by atoms with Gasteiger partial charge in [-0.3, -0.25) is 9.78 Å². The fourth-order valence-corrected chi connectivity index (χ4v) is 5.13. The zero-order valence-electron chi connectivity index (χ0n) is 16.7. The molecule has 152 valence electrons. The van der Waals surface area contributed by atoms with Crippen molar-refractivity contribution in [3.63, 3.8) is 0 Å². The predicted octanol–water partition coefficient (Wildman–Crippen LogP) is 1.60. The fraction of sp³-hybridized carbons (Fsp3) is 0.524. The monoisotopic (exact) mass is 395 g/mol. The van der Waals surface area contributed by atoms with Crippen molar-refractivity contribution in [2.24, 2.45) is 11.8 Å². The van der Waals surface area contributed by atoms with Crippen LogP contribution in [0.3, 0.4) is 0 Å². The van der Waals surface area contributed by atoms with Gasteiger partial charge in [-0.05, 0) is 31.9 Å². The van der Waals surface area contributed by atoms with Gasteiger partial charge in [0.2, 0.25) is 11.8 Å². The molecule has 8 heteroatoms. The first-order chi connectivity index (χ1) is 14.1. The van der Waals surface area contributed by atoms with Gasteiger partial charge in [0.25, 0.3) is 5.91 Å². The first-order valence-electron chi connectivity index (χ1n) is 10.1. The van der Waals surface area contributed by atoms with Gasteiger partial charge in [-0.1, -0.05) is 0 Å². The van der Waals surface area contributed by atoms with E-state index in [0.717, 1.165) is 31.6 Å². The number of ether oxygens (including phenoxy) is 2. The normalized spacial score (nSPS) is 29.7. The number of aromatic nitrogens is 3. The van der Waals surface area contributed by atoms with Gasteiger partial charge >= 0.3 is 0 Å². The number of hydrogen-bond donors (Lipinski definition) is 1. The highest BCUT2D eigenvalue weighted by Crippen LogP contribution is 2.55. The van der Waals surface area contributed by atoms with Crippen molar-refractivity contribution in [1.29, 1.82) is 0 Å². The fourth-order valence-electron chi connectivity index (χ4n) is 5.13. The van der Waals surface area contributed by atoms with Crippen LogP contribution in [0.25, 0.3) is 0 Å². The van der Waals surface area contributed by atoms with Gasteiger partial charge in [0.05, 0.1) is 30.9 Å². The smallest absolute Gasteiger partial charge is 0.252 e. The van der Waals surface area contributed by atoms with Gasteiger partial charge in [-0.15, -0.1) is 0 Å². The van der Waals surface area contributed by atoms with Crippen molar-refractivity contribution in [2.75, 3.05) is 31.6 Å². The van der Waals surface area contributed by atoms with Crippen LogP contribution in [0, 0.1) is 18.8 Å². The Morgan fingerprint density at radius 2 is 2.28 bits per heavy atom. The van der Waals surface area contributed by atoms with Gasteiger partial charge < -0.3 is 19.7 Å². The molecule has 3 aliphatic rings. The number of anilines is 1. The number of fused-ring (bicyclic) bond motifs is 1.